The molecule has 0 spiro atoms. The van der Waals surface area contributed by atoms with Crippen LogP contribution in [-0.2, 0) is 4.74 Å². The molecule has 106 valence electrons. The second-order valence-corrected chi connectivity index (χ2v) is 5.69. The molecule has 19 heavy (non-hydrogen) atoms. The number of hydrogen-bond acceptors (Lipinski definition) is 3. The zero-order chi connectivity index (χ0) is 13.7. The van der Waals surface area contributed by atoms with Crippen molar-refractivity contribution in [3.63, 3.8) is 0 Å². The van der Waals surface area contributed by atoms with Crippen LogP contribution in [0.5, 0.6) is 0 Å². The van der Waals surface area contributed by atoms with E-state index in [1.165, 1.54) is 12.8 Å². The summed E-state index contributed by atoms with van der Waals surface area (Å²) in [5.74, 6) is 0. The number of halogens is 2. The van der Waals surface area contributed by atoms with Gasteiger partial charge in [0.15, 0.2) is 0 Å². The van der Waals surface area contributed by atoms with E-state index in [0.717, 1.165) is 31.7 Å². The summed E-state index contributed by atoms with van der Waals surface area (Å²) in [5, 5.41) is 4.64. The van der Waals surface area contributed by atoms with E-state index < -0.39 is 0 Å². The fourth-order valence-corrected chi connectivity index (χ4v) is 3.00. The quantitative estimate of drug-likeness (QED) is 0.862. The predicted octanol–water partition coefficient (Wildman–Crippen LogP) is 4.00. The Hall–Kier alpha value is -0.350. The van der Waals surface area contributed by atoms with Crippen LogP contribution >= 0.6 is 23.2 Å². The summed E-state index contributed by atoms with van der Waals surface area (Å²) >= 11 is 12.1. The molecule has 0 radical (unpaired) electrons. The summed E-state index contributed by atoms with van der Waals surface area (Å²) in [4.78, 5) is 4.37. The molecular weight excluding hydrogens is 283 g/mol. The first-order valence-corrected chi connectivity index (χ1v) is 7.62. The van der Waals surface area contributed by atoms with Gasteiger partial charge in [0.1, 0.15) is 0 Å². The minimum absolute atomic E-state index is 0.166. The first kappa shape index (κ1) is 15.0. The second-order valence-electron chi connectivity index (χ2n) is 4.84. The summed E-state index contributed by atoms with van der Waals surface area (Å²) < 4.78 is 5.66. The fourth-order valence-electron chi connectivity index (χ4n) is 2.49. The van der Waals surface area contributed by atoms with Gasteiger partial charge in [-0.1, -0.05) is 30.1 Å². The Bertz CT molecular complexity index is 408. The third-order valence-corrected chi connectivity index (χ3v) is 3.93. The Balaban J connectivity index is 2.01. The van der Waals surface area contributed by atoms with Crippen LogP contribution in [0.15, 0.2) is 12.3 Å². The first-order chi connectivity index (χ1) is 9.20. The maximum atomic E-state index is 6.24. The molecule has 1 aliphatic heterocycles. The lowest BCUT2D eigenvalue weighted by molar-refractivity contribution is 0.0995. The van der Waals surface area contributed by atoms with Gasteiger partial charge in [-0.15, -0.1) is 0 Å². The standard InChI is InChI=1S/C14H20Cl2N2O/c1-2-17-13(6-5-11-4-3-7-19-11)14-12(16)8-10(15)9-18-14/h8-9,11,13,17H,2-7H2,1H3. The Morgan fingerprint density at radius 1 is 1.53 bits per heavy atom. The number of nitrogens with zero attached hydrogens (tertiary/aromatic N) is 1. The minimum atomic E-state index is 0.166. The normalized spacial score (nSPS) is 20.7. The lowest BCUT2D eigenvalue weighted by atomic mass is 10.0. The average Bonchev–Trinajstić information content (AvgIpc) is 2.88. The largest absolute Gasteiger partial charge is 0.378 e. The molecule has 0 amide bonds. The zero-order valence-electron chi connectivity index (χ0n) is 11.2. The van der Waals surface area contributed by atoms with Crippen LogP contribution in [0.3, 0.4) is 0 Å². The van der Waals surface area contributed by atoms with Crippen LogP contribution in [0.25, 0.3) is 0 Å². The molecule has 1 saturated heterocycles. The highest BCUT2D eigenvalue weighted by atomic mass is 35.5. The van der Waals surface area contributed by atoms with Crippen LogP contribution in [0, 0.1) is 0 Å². The molecule has 1 aliphatic rings. The first-order valence-electron chi connectivity index (χ1n) is 6.86. The summed E-state index contributed by atoms with van der Waals surface area (Å²) in [6, 6.07) is 1.92. The Labute approximate surface area is 124 Å². The molecule has 0 aromatic carbocycles. The lowest BCUT2D eigenvalue weighted by Gasteiger charge is -2.20. The second kappa shape index (κ2) is 7.44. The van der Waals surface area contributed by atoms with Gasteiger partial charge in [0.25, 0.3) is 0 Å². The van der Waals surface area contributed by atoms with Gasteiger partial charge in [0.2, 0.25) is 0 Å². The molecule has 1 aromatic rings. The third-order valence-electron chi connectivity index (χ3n) is 3.42. The molecule has 2 rings (SSSR count). The smallest absolute Gasteiger partial charge is 0.0760 e. The molecule has 1 N–H and O–H groups in total. The summed E-state index contributed by atoms with van der Waals surface area (Å²) in [5.41, 5.74) is 0.880. The monoisotopic (exact) mass is 302 g/mol. The molecule has 1 fully saturated rings. The fraction of sp³-hybridized carbons (Fsp3) is 0.643. The number of nitrogens with one attached hydrogen (secondary N) is 1. The summed E-state index contributed by atoms with van der Waals surface area (Å²) in [6.45, 7) is 3.87. The van der Waals surface area contributed by atoms with Crippen molar-refractivity contribution in [2.75, 3.05) is 13.2 Å². The van der Waals surface area contributed by atoms with E-state index in [1.54, 1.807) is 12.3 Å². The van der Waals surface area contributed by atoms with Crippen molar-refractivity contribution in [3.8, 4) is 0 Å². The van der Waals surface area contributed by atoms with Gasteiger partial charge in [-0.05, 0) is 38.3 Å². The van der Waals surface area contributed by atoms with E-state index in [9.17, 15) is 0 Å². The molecule has 0 aliphatic carbocycles. The van der Waals surface area contributed by atoms with Crippen molar-refractivity contribution in [2.24, 2.45) is 0 Å². The van der Waals surface area contributed by atoms with E-state index in [4.69, 9.17) is 27.9 Å². The van der Waals surface area contributed by atoms with Crippen LogP contribution in [0.4, 0.5) is 0 Å². The van der Waals surface area contributed by atoms with Gasteiger partial charge < -0.3 is 10.1 Å². The molecule has 0 bridgehead atoms. The topological polar surface area (TPSA) is 34.1 Å². The van der Waals surface area contributed by atoms with Crippen molar-refractivity contribution < 1.29 is 4.74 Å². The van der Waals surface area contributed by atoms with Crippen molar-refractivity contribution >= 4 is 23.2 Å². The Morgan fingerprint density at radius 3 is 3.00 bits per heavy atom. The zero-order valence-corrected chi connectivity index (χ0v) is 12.7. The van der Waals surface area contributed by atoms with Gasteiger partial charge in [-0.2, -0.15) is 0 Å². The third kappa shape index (κ3) is 4.32. The average molecular weight is 303 g/mol. The van der Waals surface area contributed by atoms with E-state index in [1.807, 2.05) is 0 Å². The number of hydrogen-bond donors (Lipinski definition) is 1. The van der Waals surface area contributed by atoms with Crippen molar-refractivity contribution in [1.82, 2.24) is 10.3 Å². The number of aromatic nitrogens is 1. The van der Waals surface area contributed by atoms with E-state index in [-0.39, 0.29) is 6.04 Å². The van der Waals surface area contributed by atoms with Crippen molar-refractivity contribution in [1.29, 1.82) is 0 Å². The summed E-state index contributed by atoms with van der Waals surface area (Å²) in [7, 11) is 0. The van der Waals surface area contributed by atoms with Gasteiger partial charge in [-0.3, -0.25) is 4.98 Å². The molecule has 2 heterocycles. The number of pyridine rings is 1. The maximum Gasteiger partial charge on any atom is 0.0760 e. The van der Waals surface area contributed by atoms with Crippen molar-refractivity contribution in [2.45, 2.75) is 44.8 Å². The number of ether oxygens (including phenoxy) is 1. The molecular formula is C14H20Cl2N2O. The van der Waals surface area contributed by atoms with E-state index in [0.29, 0.717) is 16.1 Å². The lowest BCUT2D eigenvalue weighted by Crippen LogP contribution is -2.23. The summed E-state index contributed by atoms with van der Waals surface area (Å²) in [6.07, 6.45) is 6.41. The SMILES string of the molecule is CCNC(CCC1CCCO1)c1ncc(Cl)cc1Cl. The Kier molecular flexibility index (Phi) is 5.89. The van der Waals surface area contributed by atoms with Gasteiger partial charge >= 0.3 is 0 Å². The molecule has 2 unspecified atom stereocenters. The molecule has 5 heteroatoms. The van der Waals surface area contributed by atoms with E-state index >= 15 is 0 Å². The highest BCUT2D eigenvalue weighted by molar-refractivity contribution is 6.34. The van der Waals surface area contributed by atoms with Gasteiger partial charge in [-0.25, -0.2) is 0 Å². The Morgan fingerprint density at radius 2 is 2.37 bits per heavy atom. The maximum absolute atomic E-state index is 6.24. The van der Waals surface area contributed by atoms with Crippen molar-refractivity contribution in [3.05, 3.63) is 28.0 Å². The molecule has 2 atom stereocenters. The molecule has 3 nitrogen and oxygen atoms in total. The highest BCUT2D eigenvalue weighted by Crippen LogP contribution is 2.28. The van der Waals surface area contributed by atoms with Crippen LogP contribution in [0.1, 0.15) is 44.3 Å². The molecule has 1 aromatic heterocycles. The van der Waals surface area contributed by atoms with Crippen LogP contribution in [-0.4, -0.2) is 24.2 Å². The van der Waals surface area contributed by atoms with Gasteiger partial charge in [0, 0.05) is 12.8 Å². The highest BCUT2D eigenvalue weighted by Gasteiger charge is 2.20. The molecule has 0 saturated carbocycles. The van der Waals surface area contributed by atoms with E-state index in [2.05, 4.69) is 17.2 Å². The minimum Gasteiger partial charge on any atom is -0.378 e. The van der Waals surface area contributed by atoms with Crippen LogP contribution < -0.4 is 5.32 Å². The predicted molar refractivity (Wildman–Crippen MR) is 78.9 cm³/mol. The number of rotatable bonds is 6. The van der Waals surface area contributed by atoms with Crippen LogP contribution in [0.2, 0.25) is 10.0 Å². The van der Waals surface area contributed by atoms with Gasteiger partial charge in [0.05, 0.1) is 27.9 Å².